The zero-order valence-electron chi connectivity index (χ0n) is 54.5. The minimum atomic E-state index is -2.90. The maximum atomic E-state index is 15.9. The predicted molar refractivity (Wildman–Crippen MR) is 350 cm³/mol. The lowest BCUT2D eigenvalue weighted by Crippen LogP contribution is -2.68. The second-order valence-corrected chi connectivity index (χ2v) is 38.3. The summed E-state index contributed by atoms with van der Waals surface area (Å²) in [5.41, 5.74) is 2.18. The van der Waals surface area contributed by atoms with Gasteiger partial charge in [0.2, 0.25) is 5.76 Å². The molecule has 2 aromatic carbocycles. The number of esters is 1. The molecule has 5 aliphatic heterocycles. The summed E-state index contributed by atoms with van der Waals surface area (Å²) >= 11 is 2.53. The lowest BCUT2D eigenvalue weighted by atomic mass is 9.79. The maximum Gasteiger partial charge on any atom is 0.329 e. The molecular weight excluding hydrogens is 1220 g/mol. The van der Waals surface area contributed by atoms with Gasteiger partial charge in [-0.25, -0.2) is 4.79 Å². The highest BCUT2D eigenvalue weighted by Crippen LogP contribution is 2.50. The number of piperidine rings is 1. The van der Waals surface area contributed by atoms with Crippen molar-refractivity contribution in [2.75, 3.05) is 34.5 Å². The van der Waals surface area contributed by atoms with Gasteiger partial charge in [-0.2, -0.15) is 0 Å². The molecule has 0 aromatic heterocycles. The normalized spacial score (nSPS) is 35.7. The van der Waals surface area contributed by atoms with Gasteiger partial charge in [-0.05, 0) is 143 Å². The topological polar surface area (TPSA) is 130 Å². The minimum Gasteiger partial charge on any atom is -0.538 e. The van der Waals surface area contributed by atoms with E-state index in [9.17, 15) is 0 Å². The number of alkyl halides is 1. The van der Waals surface area contributed by atoms with Gasteiger partial charge in [-0.15, -0.1) is 0 Å². The molecule has 0 N–H and O–H groups in total. The molecule has 13 nitrogen and oxygen atoms in total. The van der Waals surface area contributed by atoms with Crippen molar-refractivity contribution in [1.82, 2.24) is 4.90 Å². The average molecular weight is 1320 g/mol. The molecule has 4 saturated heterocycles. The highest BCUT2D eigenvalue weighted by atomic mass is 127. The van der Waals surface area contributed by atoms with Gasteiger partial charge in [0, 0.05) is 56.0 Å². The Labute approximate surface area is 527 Å². The van der Waals surface area contributed by atoms with Crippen molar-refractivity contribution in [3.8, 4) is 0 Å². The monoisotopic (exact) mass is 1320 g/mol. The van der Waals surface area contributed by atoms with E-state index in [1.807, 2.05) is 21.0 Å². The number of ether oxygens (including phenoxy) is 8. The van der Waals surface area contributed by atoms with E-state index in [1.54, 1.807) is 19.1 Å². The second kappa shape index (κ2) is 28.9. The molecule has 16 heteroatoms. The first kappa shape index (κ1) is 68.0. The third-order valence-corrected chi connectivity index (χ3v) is 30.6. The largest absolute Gasteiger partial charge is 0.538 e. The van der Waals surface area contributed by atoms with E-state index in [0.717, 1.165) is 68.7 Å². The Morgan fingerprint density at radius 2 is 1.42 bits per heavy atom. The van der Waals surface area contributed by atoms with Crippen molar-refractivity contribution in [1.29, 1.82) is 0 Å². The number of allylic oxidation sites excluding steroid dienone is 3. The van der Waals surface area contributed by atoms with Crippen LogP contribution in [-0.2, 0) is 56.3 Å². The number of rotatable bonds is 14. The summed E-state index contributed by atoms with van der Waals surface area (Å²) in [5, 5.41) is 2.29. The maximum absolute atomic E-state index is 15.9. The van der Waals surface area contributed by atoms with E-state index in [-0.39, 0.29) is 74.6 Å². The molecule has 1 aliphatic carbocycles. The number of hydrogen-bond donors (Lipinski definition) is 0. The van der Waals surface area contributed by atoms with Crippen LogP contribution in [0.4, 0.5) is 0 Å². The van der Waals surface area contributed by atoms with E-state index >= 15 is 9.59 Å². The summed E-state index contributed by atoms with van der Waals surface area (Å²) in [5.74, 6) is -2.38. The van der Waals surface area contributed by atoms with Crippen LogP contribution < -0.4 is 10.4 Å². The van der Waals surface area contributed by atoms with Crippen molar-refractivity contribution in [3.05, 3.63) is 95.5 Å². The van der Waals surface area contributed by atoms with Gasteiger partial charge in [-0.3, -0.25) is 4.79 Å². The lowest BCUT2D eigenvalue weighted by molar-refractivity contribution is -0.422. The average Bonchev–Trinajstić information content (AvgIpc) is 0.959. The highest BCUT2D eigenvalue weighted by molar-refractivity contribution is 14.1. The molecule has 4 bridgehead atoms. The fraction of sp³-hybridized carbons (Fsp3) is 0.710. The zero-order valence-corrected chi connectivity index (χ0v) is 58.7. The molecular formula is C69H106INO12Si2. The van der Waals surface area contributed by atoms with Gasteiger partial charge in [0.1, 0.15) is 17.9 Å². The van der Waals surface area contributed by atoms with Crippen LogP contribution in [0.2, 0.25) is 23.2 Å². The molecule has 6 aliphatic rings. The van der Waals surface area contributed by atoms with Gasteiger partial charge in [0.05, 0.1) is 37.1 Å². The molecule has 5 heterocycles. The fourth-order valence-electron chi connectivity index (χ4n) is 15.4. The molecule has 0 radical (unpaired) electrons. The molecule has 474 valence electrons. The number of amides is 1. The van der Waals surface area contributed by atoms with Crippen LogP contribution >= 0.6 is 22.6 Å². The number of fused-ring (bicyclic) bond motifs is 4. The van der Waals surface area contributed by atoms with Crippen LogP contribution in [0, 0.1) is 29.6 Å². The smallest absolute Gasteiger partial charge is 0.329 e. The first-order valence-corrected chi connectivity index (χ1v) is 38.1. The van der Waals surface area contributed by atoms with Crippen molar-refractivity contribution in [2.24, 2.45) is 29.6 Å². The molecule has 1 saturated carbocycles. The summed E-state index contributed by atoms with van der Waals surface area (Å²) in [6.07, 6.45) is 9.84. The number of cyclic esters (lactones) is 1. The first-order valence-electron chi connectivity index (χ1n) is 32.4. The highest BCUT2D eigenvalue weighted by Gasteiger charge is 2.57. The number of benzene rings is 2. The van der Waals surface area contributed by atoms with E-state index in [4.69, 9.17) is 46.7 Å². The molecule has 2 aromatic rings. The van der Waals surface area contributed by atoms with Crippen molar-refractivity contribution in [3.63, 3.8) is 0 Å². The molecule has 85 heavy (non-hydrogen) atoms. The Kier molecular flexibility index (Phi) is 23.1. The Morgan fingerprint density at radius 1 is 0.800 bits per heavy atom. The van der Waals surface area contributed by atoms with Crippen LogP contribution in [-0.4, -0.2) is 132 Å². The summed E-state index contributed by atoms with van der Waals surface area (Å²) in [6.45, 7) is 29.2. The lowest BCUT2D eigenvalue weighted by Gasteiger charge is -2.54. The molecule has 5 fully saturated rings. The third-order valence-electron chi connectivity index (χ3n) is 20.1. The zero-order chi connectivity index (χ0) is 61.6. The summed E-state index contributed by atoms with van der Waals surface area (Å²) < 4.78 is 70.0. The van der Waals surface area contributed by atoms with Gasteiger partial charge in [-0.1, -0.05) is 163 Å². The van der Waals surface area contributed by atoms with Crippen molar-refractivity contribution in [2.45, 2.75) is 248 Å². The quantitative estimate of drug-likeness (QED) is 0.0587. The Morgan fingerprint density at radius 3 is 2.02 bits per heavy atom. The van der Waals surface area contributed by atoms with Gasteiger partial charge >= 0.3 is 5.97 Å². The van der Waals surface area contributed by atoms with Crippen LogP contribution in [0.3, 0.4) is 0 Å². The SMILES string of the molecule is CC[Si](CC)(CC)O/C1=C2\O[C@H]([C@@H](OC)C[C@@H](C)C/C(C)=C/[C@H]3C[C@H](I)CO[C@@]34C[C@H](OC(C)(C)O4)[C@@H](C)[C@@H](/C(C)=C/[C@@H]3CC[C@@H](O[Si](c4ccccc4)(c4ccccc4)C(C)(C)C)[C@H](OC)C3)OC(=O)[C@@H]3CCCCN3C1=O)[C@@H](OC)C[C@H]2C. The fourth-order valence-corrected chi connectivity index (χ4v) is 23.4. The Bertz CT molecular complexity index is 2580. The molecule has 1 spiro atoms. The summed E-state index contributed by atoms with van der Waals surface area (Å²) in [6, 6.07) is 23.3. The first-order chi connectivity index (χ1) is 40.4. The molecule has 0 unspecified atom stereocenters. The van der Waals surface area contributed by atoms with Crippen molar-refractivity contribution >= 4 is 61.5 Å². The van der Waals surface area contributed by atoms with E-state index in [2.05, 4.69) is 172 Å². The number of carbonyl (C=O) groups is 2. The van der Waals surface area contributed by atoms with Crippen LogP contribution in [0.1, 0.15) is 161 Å². The number of methoxy groups -OCH3 is 3. The molecule has 1 amide bonds. The minimum absolute atomic E-state index is 0.0792. The summed E-state index contributed by atoms with van der Waals surface area (Å²) in [4.78, 5) is 33.4. The van der Waals surface area contributed by atoms with E-state index in [0.29, 0.717) is 44.6 Å². The number of carbonyl (C=O) groups excluding carboxylic acids is 2. The van der Waals surface area contributed by atoms with Gasteiger partial charge in [0.25, 0.3) is 22.5 Å². The summed E-state index contributed by atoms with van der Waals surface area (Å²) in [7, 11) is -0.115. The van der Waals surface area contributed by atoms with Gasteiger partial charge < -0.3 is 51.6 Å². The van der Waals surface area contributed by atoms with Gasteiger partial charge in [0.15, 0.2) is 17.7 Å². The van der Waals surface area contributed by atoms with E-state index in [1.165, 1.54) is 15.9 Å². The third kappa shape index (κ3) is 15.1. The Hall–Kier alpha value is -2.92. The number of halogens is 1. The van der Waals surface area contributed by atoms with Crippen LogP contribution in [0.25, 0.3) is 0 Å². The van der Waals surface area contributed by atoms with Crippen molar-refractivity contribution < 1.29 is 56.3 Å². The predicted octanol–water partition coefficient (Wildman–Crippen LogP) is 13.8. The number of nitrogens with zero attached hydrogens (tertiary/aromatic N) is 1. The molecule has 15 atom stereocenters. The molecule has 8 rings (SSSR count). The Balaban J connectivity index is 1.21. The van der Waals surface area contributed by atoms with E-state index < -0.39 is 58.5 Å². The van der Waals surface area contributed by atoms with Crippen LogP contribution in [0.15, 0.2) is 95.5 Å². The second-order valence-electron chi connectivity index (χ2n) is 27.6. The van der Waals surface area contributed by atoms with Crippen LogP contribution in [0.5, 0.6) is 0 Å². The standard InChI is InChI=1S/C69H106INO12Si2/c1-17-84(18-2,19-3)82-64-62-48(7)40-59(76-16)63(78-62)58(75-15)38-46(5)36-45(4)37-51-42-52(70)44-77-69(51)43-60(80-68(12,13)83-69)49(8)61(79-66(73)55-32-26-27-35-71(55)65(64)72)47(6)39-50-33-34-56(57(41-50)74-14)81-85(67(9,10)11,53-28-22-20-23-29-53)54-30-24-21-25-31-54/h20-25,28-31,37,39,46,48-52,55-61,63H,17-19,26-27,32-36,38,40-44H2,1-16H3/b45-37+,47-39+,64-62-/t46-,48+,49+,50-,51-,52-,55-,56+,57+,58-,59-,60-,61+,63+,69+/m0/s1. The number of hydrogen-bond acceptors (Lipinski definition) is 12.